The molecule has 0 saturated carbocycles. The van der Waals surface area contributed by atoms with Gasteiger partial charge in [0, 0.05) is 19.6 Å². The van der Waals surface area contributed by atoms with Crippen LogP contribution in [0.4, 0.5) is 21.8 Å². The smallest absolute Gasteiger partial charge is 0.332 e. The molecule has 1 N–H and O–H groups in total. The van der Waals surface area contributed by atoms with E-state index in [4.69, 9.17) is 0 Å². The Morgan fingerprint density at radius 3 is 2.54 bits per heavy atom. The monoisotopic (exact) mass is 331 g/mol. The minimum atomic E-state index is -0.424. The quantitative estimate of drug-likeness (QED) is 0.669. The number of aryl methyl sites for hydroxylation is 1. The predicted molar refractivity (Wildman–Crippen MR) is 88.6 cm³/mol. The van der Waals surface area contributed by atoms with E-state index in [-0.39, 0.29) is 11.5 Å². The first kappa shape index (κ1) is 16.1. The lowest BCUT2D eigenvalue weighted by Gasteiger charge is -2.18. The highest BCUT2D eigenvalue weighted by Gasteiger charge is 2.28. The summed E-state index contributed by atoms with van der Waals surface area (Å²) in [7, 11) is 0. The summed E-state index contributed by atoms with van der Waals surface area (Å²) in [5.41, 5.74) is 1.17. The highest BCUT2D eigenvalue weighted by atomic mass is 19.1. The minimum absolute atomic E-state index is 0.0377. The average Bonchev–Trinajstić information content (AvgIpc) is 3.07. The van der Waals surface area contributed by atoms with Crippen molar-refractivity contribution in [2.24, 2.45) is 0 Å². The summed E-state index contributed by atoms with van der Waals surface area (Å²) >= 11 is 0. The molecule has 0 amide bonds. The van der Waals surface area contributed by atoms with Crippen LogP contribution in [0.25, 0.3) is 0 Å². The lowest BCUT2D eigenvalue weighted by atomic mass is 10.2. The van der Waals surface area contributed by atoms with Gasteiger partial charge in [0.1, 0.15) is 11.5 Å². The topological polar surface area (TPSA) is 84.2 Å². The standard InChI is InChI=1S/C16H18FN5O2/c1-11-14(22(23)24)15(21-8-2-3-9-21)20-16(19-11)18-10-12-4-6-13(17)7-5-12/h4-7H,2-3,8-10H2,1H3,(H,18,19,20). The maximum atomic E-state index is 12.9. The number of anilines is 2. The number of rotatable bonds is 5. The Morgan fingerprint density at radius 2 is 1.92 bits per heavy atom. The Hall–Kier alpha value is -2.77. The van der Waals surface area contributed by atoms with Gasteiger partial charge in [0.2, 0.25) is 11.8 Å². The number of halogens is 1. The van der Waals surface area contributed by atoms with Crippen LogP contribution in [0.5, 0.6) is 0 Å². The molecular weight excluding hydrogens is 313 g/mol. The number of nitrogens with one attached hydrogen (secondary N) is 1. The zero-order chi connectivity index (χ0) is 17.1. The highest BCUT2D eigenvalue weighted by molar-refractivity contribution is 5.62. The number of nitro groups is 1. The molecule has 1 aromatic heterocycles. The third kappa shape index (κ3) is 3.42. The zero-order valence-electron chi connectivity index (χ0n) is 13.3. The van der Waals surface area contributed by atoms with E-state index < -0.39 is 4.92 Å². The molecule has 0 unspecified atom stereocenters. The van der Waals surface area contributed by atoms with Gasteiger partial charge in [-0.25, -0.2) is 9.37 Å². The summed E-state index contributed by atoms with van der Waals surface area (Å²) < 4.78 is 12.9. The normalized spacial score (nSPS) is 14.0. The lowest BCUT2D eigenvalue weighted by Crippen LogP contribution is -2.22. The SMILES string of the molecule is Cc1nc(NCc2ccc(F)cc2)nc(N2CCCC2)c1[N+](=O)[O-]. The number of hydrogen-bond acceptors (Lipinski definition) is 6. The maximum Gasteiger partial charge on any atom is 0.332 e. The predicted octanol–water partition coefficient (Wildman–Crippen LogP) is 3.04. The summed E-state index contributed by atoms with van der Waals surface area (Å²) in [6, 6.07) is 6.10. The molecule has 8 heteroatoms. The Bertz CT molecular complexity index is 745. The maximum absolute atomic E-state index is 12.9. The molecule has 126 valence electrons. The summed E-state index contributed by atoms with van der Waals surface area (Å²) in [4.78, 5) is 21.4. The molecule has 1 aliphatic heterocycles. The molecule has 0 radical (unpaired) electrons. The van der Waals surface area contributed by atoms with Crippen LogP contribution in [0.15, 0.2) is 24.3 Å². The first-order valence-corrected chi connectivity index (χ1v) is 7.81. The van der Waals surface area contributed by atoms with Gasteiger partial charge in [0.25, 0.3) is 0 Å². The van der Waals surface area contributed by atoms with E-state index in [0.717, 1.165) is 31.5 Å². The Kier molecular flexibility index (Phi) is 4.54. The van der Waals surface area contributed by atoms with Crippen LogP contribution in [-0.2, 0) is 6.54 Å². The van der Waals surface area contributed by atoms with Crippen molar-refractivity contribution in [2.45, 2.75) is 26.3 Å². The van der Waals surface area contributed by atoms with Crippen molar-refractivity contribution in [2.75, 3.05) is 23.3 Å². The third-order valence-corrected chi connectivity index (χ3v) is 3.99. The molecule has 0 aliphatic carbocycles. The van der Waals surface area contributed by atoms with Crippen molar-refractivity contribution in [3.05, 3.63) is 51.5 Å². The van der Waals surface area contributed by atoms with Crippen LogP contribution in [-0.4, -0.2) is 28.0 Å². The van der Waals surface area contributed by atoms with Crippen LogP contribution in [0.2, 0.25) is 0 Å². The molecule has 0 bridgehead atoms. The van der Waals surface area contributed by atoms with Crippen LogP contribution in [0, 0.1) is 22.9 Å². The summed E-state index contributed by atoms with van der Waals surface area (Å²) in [6.45, 7) is 3.54. The average molecular weight is 331 g/mol. The molecule has 0 atom stereocenters. The van der Waals surface area contributed by atoms with E-state index in [9.17, 15) is 14.5 Å². The molecule has 2 aromatic rings. The van der Waals surface area contributed by atoms with Gasteiger partial charge in [0.05, 0.1) is 4.92 Å². The Morgan fingerprint density at radius 1 is 1.25 bits per heavy atom. The van der Waals surface area contributed by atoms with Gasteiger partial charge in [-0.15, -0.1) is 0 Å². The molecule has 0 spiro atoms. The molecule has 3 rings (SSSR count). The first-order valence-electron chi connectivity index (χ1n) is 7.81. The Balaban J connectivity index is 1.85. The summed E-state index contributed by atoms with van der Waals surface area (Å²) in [5, 5.41) is 14.4. The Labute approximate surface area is 138 Å². The van der Waals surface area contributed by atoms with Gasteiger partial charge >= 0.3 is 5.69 Å². The summed E-state index contributed by atoms with van der Waals surface area (Å²) in [6.07, 6.45) is 2.00. The second-order valence-corrected chi connectivity index (χ2v) is 5.74. The molecule has 1 aliphatic rings. The van der Waals surface area contributed by atoms with E-state index in [2.05, 4.69) is 15.3 Å². The molecule has 24 heavy (non-hydrogen) atoms. The molecule has 2 heterocycles. The lowest BCUT2D eigenvalue weighted by molar-refractivity contribution is -0.385. The van der Waals surface area contributed by atoms with Crippen LogP contribution < -0.4 is 10.2 Å². The van der Waals surface area contributed by atoms with Crippen molar-refractivity contribution < 1.29 is 9.31 Å². The van der Waals surface area contributed by atoms with Gasteiger partial charge in [0.15, 0.2) is 0 Å². The van der Waals surface area contributed by atoms with E-state index in [1.165, 1.54) is 12.1 Å². The van der Waals surface area contributed by atoms with Crippen molar-refractivity contribution >= 4 is 17.5 Å². The largest absolute Gasteiger partial charge is 0.351 e. The van der Waals surface area contributed by atoms with E-state index in [0.29, 0.717) is 24.0 Å². The fourth-order valence-corrected chi connectivity index (χ4v) is 2.78. The third-order valence-electron chi connectivity index (χ3n) is 3.99. The van der Waals surface area contributed by atoms with Crippen LogP contribution in [0.3, 0.4) is 0 Å². The van der Waals surface area contributed by atoms with E-state index in [1.54, 1.807) is 19.1 Å². The zero-order valence-corrected chi connectivity index (χ0v) is 13.3. The number of aromatic nitrogens is 2. The van der Waals surface area contributed by atoms with Crippen molar-refractivity contribution in [3.8, 4) is 0 Å². The number of hydrogen-bond donors (Lipinski definition) is 1. The van der Waals surface area contributed by atoms with Gasteiger partial charge in [-0.3, -0.25) is 10.1 Å². The van der Waals surface area contributed by atoms with Crippen molar-refractivity contribution in [1.29, 1.82) is 0 Å². The van der Waals surface area contributed by atoms with Crippen LogP contribution >= 0.6 is 0 Å². The summed E-state index contributed by atoms with van der Waals surface area (Å²) in [5.74, 6) is 0.411. The first-order chi connectivity index (χ1) is 11.5. The second-order valence-electron chi connectivity index (χ2n) is 5.74. The molecule has 1 fully saturated rings. The van der Waals surface area contributed by atoms with Gasteiger partial charge in [-0.1, -0.05) is 12.1 Å². The fraction of sp³-hybridized carbons (Fsp3) is 0.375. The van der Waals surface area contributed by atoms with Gasteiger partial charge in [-0.2, -0.15) is 4.98 Å². The fourth-order valence-electron chi connectivity index (χ4n) is 2.78. The van der Waals surface area contributed by atoms with E-state index in [1.807, 2.05) is 4.90 Å². The number of nitrogens with zero attached hydrogens (tertiary/aromatic N) is 4. The highest BCUT2D eigenvalue weighted by Crippen LogP contribution is 2.31. The van der Waals surface area contributed by atoms with Gasteiger partial charge < -0.3 is 10.2 Å². The molecule has 1 saturated heterocycles. The van der Waals surface area contributed by atoms with E-state index >= 15 is 0 Å². The van der Waals surface area contributed by atoms with Crippen LogP contribution in [0.1, 0.15) is 24.1 Å². The number of benzene rings is 1. The van der Waals surface area contributed by atoms with Gasteiger partial charge in [-0.05, 0) is 37.5 Å². The minimum Gasteiger partial charge on any atom is -0.351 e. The molecular formula is C16H18FN5O2. The van der Waals surface area contributed by atoms with Crippen molar-refractivity contribution in [3.63, 3.8) is 0 Å². The van der Waals surface area contributed by atoms with Crippen molar-refractivity contribution in [1.82, 2.24) is 9.97 Å². The molecule has 7 nitrogen and oxygen atoms in total. The second kappa shape index (κ2) is 6.77. The molecule has 1 aromatic carbocycles.